The first-order valence-electron chi connectivity index (χ1n) is 7.53. The highest BCUT2D eigenvalue weighted by Gasteiger charge is 2.31. The molecular weight excluding hydrogens is 391 g/mol. The van der Waals surface area contributed by atoms with Crippen molar-refractivity contribution >= 4 is 29.9 Å². The number of hydrogen-bond donors (Lipinski definition) is 3. The summed E-state index contributed by atoms with van der Waals surface area (Å²) in [7, 11) is 0. The zero-order valence-electron chi connectivity index (χ0n) is 12.7. The summed E-state index contributed by atoms with van der Waals surface area (Å²) in [4.78, 5) is 4.45. The van der Waals surface area contributed by atoms with Crippen LogP contribution >= 0.6 is 24.0 Å². The zero-order chi connectivity index (χ0) is 14.8. The van der Waals surface area contributed by atoms with Crippen LogP contribution in [0.25, 0.3) is 0 Å². The standard InChI is InChI=1S/C14H27F2N3O.HI/c1-2-17-13(18-10-12(15)16)19-11-14(8-9-20)6-4-3-5-7-14;/h12,20H,2-11H2,1H3,(H2,17,18,19);1H. The Morgan fingerprint density at radius 1 is 1.24 bits per heavy atom. The molecule has 0 unspecified atom stereocenters. The molecule has 0 atom stereocenters. The smallest absolute Gasteiger partial charge is 0.255 e. The van der Waals surface area contributed by atoms with E-state index in [9.17, 15) is 13.9 Å². The van der Waals surface area contributed by atoms with E-state index in [0.717, 1.165) is 32.1 Å². The van der Waals surface area contributed by atoms with Gasteiger partial charge in [-0.1, -0.05) is 19.3 Å². The van der Waals surface area contributed by atoms with Gasteiger partial charge in [-0.05, 0) is 31.6 Å². The topological polar surface area (TPSA) is 56.7 Å². The van der Waals surface area contributed by atoms with E-state index >= 15 is 0 Å². The molecule has 7 heteroatoms. The summed E-state index contributed by atoms with van der Waals surface area (Å²) in [6, 6.07) is 0. The van der Waals surface area contributed by atoms with E-state index in [1.54, 1.807) is 0 Å². The molecule has 0 aromatic rings. The number of rotatable bonds is 7. The largest absolute Gasteiger partial charge is 0.396 e. The number of hydrogen-bond acceptors (Lipinski definition) is 2. The molecule has 1 fully saturated rings. The number of aliphatic hydroxyl groups is 1. The van der Waals surface area contributed by atoms with E-state index < -0.39 is 13.0 Å². The van der Waals surface area contributed by atoms with E-state index in [4.69, 9.17) is 0 Å². The quantitative estimate of drug-likeness (QED) is 0.338. The third-order valence-corrected chi connectivity index (χ3v) is 3.90. The Bertz CT molecular complexity index is 292. The van der Waals surface area contributed by atoms with Crippen LogP contribution in [0.5, 0.6) is 0 Å². The number of nitrogens with one attached hydrogen (secondary N) is 2. The van der Waals surface area contributed by atoms with Crippen molar-refractivity contribution in [2.24, 2.45) is 10.4 Å². The Balaban J connectivity index is 0.00000400. The Labute approximate surface area is 143 Å². The molecule has 1 saturated carbocycles. The summed E-state index contributed by atoms with van der Waals surface area (Å²) in [6.07, 6.45) is 4.04. The van der Waals surface area contributed by atoms with Crippen molar-refractivity contribution < 1.29 is 13.9 Å². The van der Waals surface area contributed by atoms with E-state index in [2.05, 4.69) is 15.6 Å². The molecule has 1 rings (SSSR count). The normalized spacial score (nSPS) is 18.2. The van der Waals surface area contributed by atoms with Crippen LogP contribution < -0.4 is 10.6 Å². The minimum atomic E-state index is -2.39. The molecule has 1 aliphatic carbocycles. The molecule has 126 valence electrons. The van der Waals surface area contributed by atoms with Gasteiger partial charge in [-0.25, -0.2) is 8.78 Å². The predicted octanol–water partition coefficient (Wildman–Crippen LogP) is 2.76. The molecule has 0 spiro atoms. The minimum absolute atomic E-state index is 0. The molecule has 21 heavy (non-hydrogen) atoms. The van der Waals surface area contributed by atoms with Gasteiger partial charge >= 0.3 is 0 Å². The van der Waals surface area contributed by atoms with E-state index in [1.807, 2.05) is 6.92 Å². The van der Waals surface area contributed by atoms with Gasteiger partial charge in [0.05, 0.1) is 6.54 Å². The predicted molar refractivity (Wildman–Crippen MR) is 92.6 cm³/mol. The van der Waals surface area contributed by atoms with Crippen molar-refractivity contribution in [2.75, 3.05) is 26.2 Å². The molecule has 0 aliphatic heterocycles. The lowest BCUT2D eigenvalue weighted by molar-refractivity contribution is 0.137. The lowest BCUT2D eigenvalue weighted by atomic mass is 9.72. The number of nitrogens with zero attached hydrogens (tertiary/aromatic N) is 1. The van der Waals surface area contributed by atoms with Crippen LogP contribution in [0.15, 0.2) is 4.99 Å². The maximum atomic E-state index is 12.2. The molecular formula is C14H28F2IN3O. The zero-order valence-corrected chi connectivity index (χ0v) is 15.0. The van der Waals surface area contributed by atoms with Crippen molar-refractivity contribution in [2.45, 2.75) is 51.9 Å². The number of alkyl halides is 2. The summed E-state index contributed by atoms with van der Waals surface area (Å²) in [6.45, 7) is 2.91. The molecule has 4 nitrogen and oxygen atoms in total. The molecule has 0 radical (unpaired) electrons. The van der Waals surface area contributed by atoms with Gasteiger partial charge in [-0.3, -0.25) is 4.99 Å². The third-order valence-electron chi connectivity index (χ3n) is 3.90. The van der Waals surface area contributed by atoms with Crippen molar-refractivity contribution in [3.63, 3.8) is 0 Å². The Morgan fingerprint density at radius 3 is 2.43 bits per heavy atom. The van der Waals surface area contributed by atoms with E-state index in [0.29, 0.717) is 19.0 Å². The SMILES string of the molecule is CCNC(=NCC1(CCO)CCCCC1)NCC(F)F.I. The Morgan fingerprint density at radius 2 is 1.90 bits per heavy atom. The average Bonchev–Trinajstić information content (AvgIpc) is 2.43. The lowest BCUT2D eigenvalue weighted by Gasteiger charge is -2.35. The maximum absolute atomic E-state index is 12.2. The summed E-state index contributed by atoms with van der Waals surface area (Å²) >= 11 is 0. The minimum Gasteiger partial charge on any atom is -0.396 e. The van der Waals surface area contributed by atoms with Gasteiger partial charge in [0.1, 0.15) is 0 Å². The molecule has 3 N–H and O–H groups in total. The number of halogens is 3. The van der Waals surface area contributed by atoms with Crippen molar-refractivity contribution in [1.82, 2.24) is 10.6 Å². The second kappa shape index (κ2) is 11.4. The molecule has 0 saturated heterocycles. The summed E-state index contributed by atoms with van der Waals surface area (Å²) in [5.41, 5.74) is 0.0418. The van der Waals surface area contributed by atoms with Crippen LogP contribution in [0, 0.1) is 5.41 Å². The van der Waals surface area contributed by atoms with Crippen LogP contribution in [0.1, 0.15) is 45.4 Å². The number of guanidine groups is 1. The molecule has 0 heterocycles. The molecule has 0 aromatic heterocycles. The van der Waals surface area contributed by atoms with Crippen LogP contribution in [-0.2, 0) is 0 Å². The highest BCUT2D eigenvalue weighted by molar-refractivity contribution is 14.0. The van der Waals surface area contributed by atoms with Gasteiger partial charge in [0, 0.05) is 19.7 Å². The first kappa shape index (κ1) is 20.8. The second-order valence-electron chi connectivity index (χ2n) is 5.50. The van der Waals surface area contributed by atoms with E-state index in [1.165, 1.54) is 6.42 Å². The molecule has 0 bridgehead atoms. The highest BCUT2D eigenvalue weighted by atomic mass is 127. The van der Waals surface area contributed by atoms with Crippen LogP contribution in [0.2, 0.25) is 0 Å². The van der Waals surface area contributed by atoms with Gasteiger partial charge in [0.15, 0.2) is 5.96 Å². The van der Waals surface area contributed by atoms with E-state index in [-0.39, 0.29) is 36.0 Å². The Hall–Kier alpha value is -0.180. The van der Waals surface area contributed by atoms with Crippen LogP contribution in [0.4, 0.5) is 8.78 Å². The number of aliphatic hydroxyl groups excluding tert-OH is 1. The van der Waals surface area contributed by atoms with Gasteiger partial charge in [0.25, 0.3) is 6.43 Å². The van der Waals surface area contributed by atoms with Crippen molar-refractivity contribution in [3.8, 4) is 0 Å². The second-order valence-corrected chi connectivity index (χ2v) is 5.50. The fraction of sp³-hybridized carbons (Fsp3) is 0.929. The highest BCUT2D eigenvalue weighted by Crippen LogP contribution is 2.39. The summed E-state index contributed by atoms with van der Waals surface area (Å²) < 4.78 is 24.5. The monoisotopic (exact) mass is 419 g/mol. The van der Waals surface area contributed by atoms with Gasteiger partial charge < -0.3 is 15.7 Å². The maximum Gasteiger partial charge on any atom is 0.255 e. The average molecular weight is 419 g/mol. The molecule has 1 aliphatic rings. The fourth-order valence-electron chi connectivity index (χ4n) is 2.79. The van der Waals surface area contributed by atoms with Gasteiger partial charge in [-0.15, -0.1) is 24.0 Å². The molecule has 0 amide bonds. The van der Waals surface area contributed by atoms with Crippen LogP contribution in [0.3, 0.4) is 0 Å². The lowest BCUT2D eigenvalue weighted by Crippen LogP contribution is -2.41. The Kier molecular flexibility index (Phi) is 11.3. The third kappa shape index (κ3) is 8.13. The summed E-state index contributed by atoms with van der Waals surface area (Å²) in [5.74, 6) is 0.440. The fourth-order valence-corrected chi connectivity index (χ4v) is 2.79. The van der Waals surface area contributed by atoms with Crippen molar-refractivity contribution in [1.29, 1.82) is 0 Å². The van der Waals surface area contributed by atoms with Crippen molar-refractivity contribution in [3.05, 3.63) is 0 Å². The van der Waals surface area contributed by atoms with Gasteiger partial charge in [-0.2, -0.15) is 0 Å². The molecule has 0 aromatic carbocycles. The number of aliphatic imine (C=N–C) groups is 1. The van der Waals surface area contributed by atoms with Crippen LogP contribution in [-0.4, -0.2) is 43.7 Å². The first-order valence-corrected chi connectivity index (χ1v) is 7.53. The summed E-state index contributed by atoms with van der Waals surface area (Å²) in [5, 5.41) is 14.9. The van der Waals surface area contributed by atoms with Gasteiger partial charge in [0.2, 0.25) is 0 Å². The first-order chi connectivity index (χ1) is 9.62.